The molecule has 0 bridgehead atoms. The maximum atomic E-state index is 10.9. The molecule has 1 aromatic carbocycles. The van der Waals surface area contributed by atoms with E-state index in [1.165, 1.54) is 6.08 Å². The third kappa shape index (κ3) is 4.51. The number of carbonyl (C=O) groups is 2. The Morgan fingerprint density at radius 2 is 2.18 bits per heavy atom. The average molecular weight is 234 g/mol. The zero-order valence-corrected chi connectivity index (χ0v) is 9.55. The molecular formula is C13H14O4. The van der Waals surface area contributed by atoms with E-state index in [1.807, 2.05) is 13.0 Å². The molecule has 0 aliphatic carbocycles. The summed E-state index contributed by atoms with van der Waals surface area (Å²) in [5.41, 5.74) is 0.730. The Kier molecular flexibility index (Phi) is 4.94. The Balaban J connectivity index is 2.71. The summed E-state index contributed by atoms with van der Waals surface area (Å²) in [7, 11) is 0. The summed E-state index contributed by atoms with van der Waals surface area (Å²) in [5, 5.41) is 8.41. The quantitative estimate of drug-likeness (QED) is 0.605. The zero-order chi connectivity index (χ0) is 12.7. The van der Waals surface area contributed by atoms with Crippen molar-refractivity contribution >= 4 is 17.8 Å². The molecule has 0 unspecified atom stereocenters. The Labute approximate surface area is 99.5 Å². The Morgan fingerprint density at radius 1 is 1.41 bits per heavy atom. The van der Waals surface area contributed by atoms with E-state index in [0.29, 0.717) is 12.4 Å². The lowest BCUT2D eigenvalue weighted by atomic mass is 10.2. The molecule has 17 heavy (non-hydrogen) atoms. The number of carboxylic acids is 1. The maximum Gasteiger partial charge on any atom is 0.376 e. The number of carbonyl (C=O) groups excluding carboxylic acids is 1. The molecule has 0 saturated carbocycles. The van der Waals surface area contributed by atoms with Gasteiger partial charge in [-0.15, -0.1) is 0 Å². The van der Waals surface area contributed by atoms with Gasteiger partial charge in [0.05, 0.1) is 6.61 Å². The van der Waals surface area contributed by atoms with E-state index >= 15 is 0 Å². The highest BCUT2D eigenvalue weighted by Gasteiger charge is 2.05. The van der Waals surface area contributed by atoms with Crippen LogP contribution in [0.5, 0.6) is 5.75 Å². The van der Waals surface area contributed by atoms with Crippen LogP contribution in [0.3, 0.4) is 0 Å². The van der Waals surface area contributed by atoms with E-state index in [-0.39, 0.29) is 0 Å². The van der Waals surface area contributed by atoms with Crippen molar-refractivity contribution < 1.29 is 19.4 Å². The fraction of sp³-hybridized carbons (Fsp3) is 0.231. The summed E-state index contributed by atoms with van der Waals surface area (Å²) in [6, 6.07) is 7.12. The van der Waals surface area contributed by atoms with E-state index in [0.717, 1.165) is 18.1 Å². The minimum Gasteiger partial charge on any atom is -0.494 e. The van der Waals surface area contributed by atoms with Gasteiger partial charge < -0.3 is 9.84 Å². The van der Waals surface area contributed by atoms with Gasteiger partial charge in [0.15, 0.2) is 0 Å². The largest absolute Gasteiger partial charge is 0.494 e. The first-order chi connectivity index (χ1) is 8.13. The molecule has 0 amide bonds. The number of aliphatic carboxylic acids is 1. The molecule has 0 aromatic heterocycles. The smallest absolute Gasteiger partial charge is 0.376 e. The van der Waals surface area contributed by atoms with Gasteiger partial charge in [0.1, 0.15) is 5.75 Å². The number of ether oxygens (including phenoxy) is 1. The molecule has 90 valence electrons. The van der Waals surface area contributed by atoms with Crippen LogP contribution < -0.4 is 4.74 Å². The van der Waals surface area contributed by atoms with Crippen LogP contribution in [0.15, 0.2) is 30.3 Å². The van der Waals surface area contributed by atoms with E-state index < -0.39 is 11.8 Å². The second-order valence-electron chi connectivity index (χ2n) is 3.42. The van der Waals surface area contributed by atoms with Gasteiger partial charge in [-0.1, -0.05) is 25.1 Å². The number of benzene rings is 1. The summed E-state index contributed by atoms with van der Waals surface area (Å²) in [5.74, 6) is -1.69. The van der Waals surface area contributed by atoms with Crippen LogP contribution in [0, 0.1) is 0 Å². The van der Waals surface area contributed by atoms with Crippen LogP contribution in [0.25, 0.3) is 6.08 Å². The summed E-state index contributed by atoms with van der Waals surface area (Å²) in [6.45, 7) is 2.64. The van der Waals surface area contributed by atoms with Gasteiger partial charge in [-0.3, -0.25) is 4.79 Å². The number of ketones is 1. The highest BCUT2D eigenvalue weighted by molar-refractivity contribution is 6.38. The van der Waals surface area contributed by atoms with Crippen molar-refractivity contribution in [2.24, 2.45) is 0 Å². The summed E-state index contributed by atoms with van der Waals surface area (Å²) in [4.78, 5) is 21.2. The van der Waals surface area contributed by atoms with Crippen molar-refractivity contribution in [1.29, 1.82) is 0 Å². The zero-order valence-electron chi connectivity index (χ0n) is 9.55. The van der Waals surface area contributed by atoms with Gasteiger partial charge in [-0.25, -0.2) is 4.79 Å². The van der Waals surface area contributed by atoms with E-state index in [9.17, 15) is 9.59 Å². The standard InChI is InChI=1S/C13H14O4/c1-2-8-17-11-5-3-4-10(9-11)6-7-12(14)13(15)16/h3-7,9H,2,8H2,1H3,(H,15,16)/b7-6+. The lowest BCUT2D eigenvalue weighted by molar-refractivity contribution is -0.146. The highest BCUT2D eigenvalue weighted by atomic mass is 16.5. The lowest BCUT2D eigenvalue weighted by Gasteiger charge is -2.04. The minimum atomic E-state index is -1.46. The third-order valence-corrected chi connectivity index (χ3v) is 1.97. The molecule has 0 spiro atoms. The second kappa shape index (κ2) is 6.48. The number of hydrogen-bond acceptors (Lipinski definition) is 3. The first-order valence-electron chi connectivity index (χ1n) is 5.31. The van der Waals surface area contributed by atoms with Crippen LogP contribution in [0.2, 0.25) is 0 Å². The minimum absolute atomic E-state index is 0.626. The summed E-state index contributed by atoms with van der Waals surface area (Å²) >= 11 is 0. The molecule has 4 nitrogen and oxygen atoms in total. The first-order valence-corrected chi connectivity index (χ1v) is 5.31. The Hall–Kier alpha value is -2.10. The number of rotatable bonds is 6. The van der Waals surface area contributed by atoms with Crippen molar-refractivity contribution in [2.45, 2.75) is 13.3 Å². The molecule has 1 aromatic rings. The molecule has 1 N–H and O–H groups in total. The van der Waals surface area contributed by atoms with Gasteiger partial charge in [-0.05, 0) is 30.2 Å². The molecule has 0 aliphatic rings. The van der Waals surface area contributed by atoms with Gasteiger partial charge in [0, 0.05) is 0 Å². The molecule has 0 saturated heterocycles. The van der Waals surface area contributed by atoms with E-state index in [2.05, 4.69) is 0 Å². The molecule has 4 heteroatoms. The second-order valence-corrected chi connectivity index (χ2v) is 3.42. The predicted octanol–water partition coefficient (Wildman–Crippen LogP) is 2.14. The Morgan fingerprint density at radius 3 is 2.82 bits per heavy atom. The van der Waals surface area contributed by atoms with Crippen LogP contribution >= 0.6 is 0 Å². The monoisotopic (exact) mass is 234 g/mol. The van der Waals surface area contributed by atoms with Crippen molar-refractivity contribution in [2.75, 3.05) is 6.61 Å². The lowest BCUT2D eigenvalue weighted by Crippen LogP contribution is -2.08. The first kappa shape index (κ1) is 13.0. The molecule has 0 fully saturated rings. The summed E-state index contributed by atoms with van der Waals surface area (Å²) in [6.07, 6.45) is 3.40. The molecule has 0 radical (unpaired) electrons. The van der Waals surface area contributed by atoms with Gasteiger partial charge in [0.2, 0.25) is 0 Å². The predicted molar refractivity (Wildman–Crippen MR) is 63.9 cm³/mol. The molecule has 0 heterocycles. The third-order valence-electron chi connectivity index (χ3n) is 1.97. The molecule has 1 rings (SSSR count). The molecule has 0 atom stereocenters. The van der Waals surface area contributed by atoms with Gasteiger partial charge in [0.25, 0.3) is 5.78 Å². The van der Waals surface area contributed by atoms with Crippen molar-refractivity contribution in [3.8, 4) is 5.75 Å². The van der Waals surface area contributed by atoms with Crippen molar-refractivity contribution in [3.05, 3.63) is 35.9 Å². The average Bonchev–Trinajstić information content (AvgIpc) is 2.33. The van der Waals surface area contributed by atoms with Gasteiger partial charge in [-0.2, -0.15) is 0 Å². The fourth-order valence-electron chi connectivity index (χ4n) is 1.17. The summed E-state index contributed by atoms with van der Waals surface area (Å²) < 4.78 is 5.41. The molecular weight excluding hydrogens is 220 g/mol. The highest BCUT2D eigenvalue weighted by Crippen LogP contribution is 2.14. The number of hydrogen-bond donors (Lipinski definition) is 1. The Bertz CT molecular complexity index is 435. The van der Waals surface area contributed by atoms with Crippen LogP contribution in [-0.4, -0.2) is 23.5 Å². The van der Waals surface area contributed by atoms with Crippen molar-refractivity contribution in [3.63, 3.8) is 0 Å². The van der Waals surface area contributed by atoms with Crippen LogP contribution in [-0.2, 0) is 9.59 Å². The van der Waals surface area contributed by atoms with Crippen LogP contribution in [0.4, 0.5) is 0 Å². The van der Waals surface area contributed by atoms with Gasteiger partial charge >= 0.3 is 5.97 Å². The fourth-order valence-corrected chi connectivity index (χ4v) is 1.17. The topological polar surface area (TPSA) is 63.6 Å². The SMILES string of the molecule is CCCOc1cccc(/C=C/C(=O)C(=O)O)c1. The molecule has 0 aliphatic heterocycles. The van der Waals surface area contributed by atoms with E-state index in [1.54, 1.807) is 18.2 Å². The maximum absolute atomic E-state index is 10.9. The van der Waals surface area contributed by atoms with E-state index in [4.69, 9.17) is 9.84 Å². The van der Waals surface area contributed by atoms with Crippen molar-refractivity contribution in [1.82, 2.24) is 0 Å². The van der Waals surface area contributed by atoms with Crippen LogP contribution in [0.1, 0.15) is 18.9 Å². The normalized spacial score (nSPS) is 10.4. The number of carboxylic acid groups (broad SMARTS) is 1.